The predicted molar refractivity (Wildman–Crippen MR) is 126 cm³/mol. The fraction of sp³-hybridized carbons (Fsp3) is 0.308. The van der Waals surface area contributed by atoms with Crippen LogP contribution in [-0.4, -0.2) is 43.0 Å². The Hall–Kier alpha value is -3.34. The number of aromatic nitrogens is 1. The van der Waals surface area contributed by atoms with Gasteiger partial charge in [-0.05, 0) is 61.2 Å². The van der Waals surface area contributed by atoms with Gasteiger partial charge in [0.2, 0.25) is 5.91 Å². The van der Waals surface area contributed by atoms with Crippen molar-refractivity contribution in [2.45, 2.75) is 32.4 Å². The molecule has 0 aliphatic heterocycles. The second-order valence-corrected chi connectivity index (χ2v) is 8.37. The van der Waals surface area contributed by atoms with Crippen molar-refractivity contribution in [3.05, 3.63) is 71.3 Å². The fourth-order valence-electron chi connectivity index (χ4n) is 3.75. The molecule has 0 unspecified atom stereocenters. The number of nitrogens with zero attached hydrogens (tertiary/aromatic N) is 3. The van der Waals surface area contributed by atoms with Gasteiger partial charge in [-0.25, -0.2) is 4.98 Å². The molecule has 5 nitrogen and oxygen atoms in total. The zero-order valence-electron chi connectivity index (χ0n) is 18.6. The van der Waals surface area contributed by atoms with Crippen LogP contribution >= 0.6 is 0 Å². The standard InChI is InChI=1S/C26H29N3O2/c1-18-5-9-20-16-21(26(28(2)3)27-24(20)15-18)17-29(22-10-11-22)25(30)14-8-19-6-12-23(31-4)13-7-19/h5-9,12-16,22H,10-11,17H2,1-4H3. The van der Waals surface area contributed by atoms with Gasteiger partial charge < -0.3 is 14.5 Å². The van der Waals surface area contributed by atoms with Gasteiger partial charge in [-0.3, -0.25) is 4.79 Å². The molecule has 1 heterocycles. The molecular weight excluding hydrogens is 386 g/mol. The van der Waals surface area contributed by atoms with Crippen LogP contribution in [0, 0.1) is 6.92 Å². The molecule has 31 heavy (non-hydrogen) atoms. The average Bonchev–Trinajstić information content (AvgIpc) is 3.60. The summed E-state index contributed by atoms with van der Waals surface area (Å²) in [5, 5.41) is 1.10. The number of methoxy groups -OCH3 is 1. The molecule has 1 fully saturated rings. The van der Waals surface area contributed by atoms with Crippen molar-refractivity contribution in [1.82, 2.24) is 9.88 Å². The number of hydrogen-bond acceptors (Lipinski definition) is 4. The van der Waals surface area contributed by atoms with Crippen LogP contribution in [0.15, 0.2) is 54.6 Å². The van der Waals surface area contributed by atoms with E-state index in [1.807, 2.05) is 54.2 Å². The monoisotopic (exact) mass is 415 g/mol. The first kappa shape index (κ1) is 20.9. The molecule has 1 aliphatic carbocycles. The Kier molecular flexibility index (Phi) is 5.94. The van der Waals surface area contributed by atoms with Crippen LogP contribution in [-0.2, 0) is 11.3 Å². The van der Waals surface area contributed by atoms with Crippen molar-refractivity contribution in [1.29, 1.82) is 0 Å². The summed E-state index contributed by atoms with van der Waals surface area (Å²) in [5.74, 6) is 1.75. The minimum absolute atomic E-state index is 0.0343. The molecule has 1 amide bonds. The van der Waals surface area contributed by atoms with Crippen molar-refractivity contribution in [2.24, 2.45) is 0 Å². The molecule has 0 spiro atoms. The highest BCUT2D eigenvalue weighted by atomic mass is 16.5. The van der Waals surface area contributed by atoms with Gasteiger partial charge in [0, 0.05) is 43.7 Å². The Morgan fingerprint density at radius 2 is 1.87 bits per heavy atom. The number of anilines is 1. The Balaban J connectivity index is 1.59. The molecule has 1 aliphatic rings. The summed E-state index contributed by atoms with van der Waals surface area (Å²) in [6, 6.07) is 16.5. The second kappa shape index (κ2) is 8.80. The highest BCUT2D eigenvalue weighted by molar-refractivity contribution is 5.92. The van der Waals surface area contributed by atoms with E-state index >= 15 is 0 Å². The Bertz CT molecular complexity index is 1120. The molecule has 0 saturated heterocycles. The zero-order valence-corrected chi connectivity index (χ0v) is 18.6. The molecule has 3 aromatic rings. The van der Waals surface area contributed by atoms with Crippen molar-refractivity contribution in [3.8, 4) is 5.75 Å². The largest absolute Gasteiger partial charge is 0.497 e. The normalized spacial score (nSPS) is 13.5. The number of carbonyl (C=O) groups is 1. The Morgan fingerprint density at radius 1 is 1.13 bits per heavy atom. The second-order valence-electron chi connectivity index (χ2n) is 8.37. The maximum absolute atomic E-state index is 13.1. The maximum Gasteiger partial charge on any atom is 0.247 e. The molecule has 160 valence electrons. The van der Waals surface area contributed by atoms with Gasteiger partial charge in [0.1, 0.15) is 11.6 Å². The summed E-state index contributed by atoms with van der Waals surface area (Å²) in [6.45, 7) is 2.63. The van der Waals surface area contributed by atoms with Gasteiger partial charge in [-0.15, -0.1) is 0 Å². The van der Waals surface area contributed by atoms with Crippen molar-refractivity contribution in [2.75, 3.05) is 26.1 Å². The number of hydrogen-bond donors (Lipinski definition) is 0. The Morgan fingerprint density at radius 3 is 2.52 bits per heavy atom. The molecular formula is C26H29N3O2. The van der Waals surface area contributed by atoms with E-state index in [-0.39, 0.29) is 5.91 Å². The maximum atomic E-state index is 13.1. The van der Waals surface area contributed by atoms with Crippen LogP contribution in [0.5, 0.6) is 5.75 Å². The number of carbonyl (C=O) groups excluding carboxylic acids is 1. The molecule has 0 N–H and O–H groups in total. The lowest BCUT2D eigenvalue weighted by Crippen LogP contribution is -2.32. The van der Waals surface area contributed by atoms with E-state index < -0.39 is 0 Å². The first-order valence-electron chi connectivity index (χ1n) is 10.6. The van der Waals surface area contributed by atoms with Gasteiger partial charge in [-0.1, -0.05) is 24.3 Å². The number of ether oxygens (including phenoxy) is 1. The summed E-state index contributed by atoms with van der Waals surface area (Å²) in [7, 11) is 5.65. The zero-order chi connectivity index (χ0) is 22.0. The third-order valence-corrected chi connectivity index (χ3v) is 5.60. The summed E-state index contributed by atoms with van der Waals surface area (Å²) in [4.78, 5) is 22.0. The van der Waals surface area contributed by atoms with Gasteiger partial charge >= 0.3 is 0 Å². The third kappa shape index (κ3) is 4.88. The lowest BCUT2D eigenvalue weighted by Gasteiger charge is -2.24. The van der Waals surface area contributed by atoms with E-state index in [0.717, 1.165) is 46.4 Å². The van der Waals surface area contributed by atoms with Crippen molar-refractivity contribution >= 4 is 28.7 Å². The first-order valence-corrected chi connectivity index (χ1v) is 10.6. The quantitative estimate of drug-likeness (QED) is 0.519. The number of aryl methyl sites for hydroxylation is 1. The Labute approximate surface area is 184 Å². The van der Waals surface area contributed by atoms with Crippen LogP contribution in [0.1, 0.15) is 29.5 Å². The summed E-state index contributed by atoms with van der Waals surface area (Å²) in [5.41, 5.74) is 4.22. The van der Waals surface area contributed by atoms with Crippen LogP contribution in [0.2, 0.25) is 0 Å². The van der Waals surface area contributed by atoms with E-state index in [0.29, 0.717) is 12.6 Å². The van der Waals surface area contributed by atoms with Crippen LogP contribution in [0.4, 0.5) is 5.82 Å². The fourth-order valence-corrected chi connectivity index (χ4v) is 3.75. The van der Waals surface area contributed by atoms with E-state index in [9.17, 15) is 4.79 Å². The van der Waals surface area contributed by atoms with Crippen molar-refractivity contribution < 1.29 is 9.53 Å². The minimum Gasteiger partial charge on any atom is -0.497 e. The molecule has 0 atom stereocenters. The SMILES string of the molecule is COc1ccc(C=CC(=O)N(Cc2cc3ccc(C)cc3nc2N(C)C)C2CC2)cc1. The molecule has 0 radical (unpaired) electrons. The number of fused-ring (bicyclic) bond motifs is 1. The molecule has 5 heteroatoms. The van der Waals surface area contributed by atoms with Crippen LogP contribution in [0.3, 0.4) is 0 Å². The minimum atomic E-state index is 0.0343. The highest BCUT2D eigenvalue weighted by Crippen LogP contribution is 2.31. The number of amides is 1. The topological polar surface area (TPSA) is 45.7 Å². The van der Waals surface area contributed by atoms with E-state index in [2.05, 4.69) is 31.2 Å². The number of pyridine rings is 1. The molecule has 1 aromatic heterocycles. The average molecular weight is 416 g/mol. The summed E-state index contributed by atoms with van der Waals surface area (Å²) < 4.78 is 5.20. The van der Waals surface area contributed by atoms with Gasteiger partial charge in [0.25, 0.3) is 0 Å². The smallest absolute Gasteiger partial charge is 0.247 e. The molecule has 0 bridgehead atoms. The summed E-state index contributed by atoms with van der Waals surface area (Å²) >= 11 is 0. The van der Waals surface area contributed by atoms with Gasteiger partial charge in [0.15, 0.2) is 0 Å². The lowest BCUT2D eigenvalue weighted by molar-refractivity contribution is -0.127. The molecule has 4 rings (SSSR count). The van der Waals surface area contributed by atoms with Crippen LogP contribution < -0.4 is 9.64 Å². The number of rotatable bonds is 7. The van der Waals surface area contributed by atoms with Gasteiger partial charge in [0.05, 0.1) is 12.6 Å². The third-order valence-electron chi connectivity index (χ3n) is 5.60. The molecule has 2 aromatic carbocycles. The van der Waals surface area contributed by atoms with E-state index in [1.54, 1.807) is 13.2 Å². The predicted octanol–water partition coefficient (Wildman–Crippen LogP) is 4.82. The van der Waals surface area contributed by atoms with E-state index in [1.165, 1.54) is 5.56 Å². The van der Waals surface area contributed by atoms with Crippen molar-refractivity contribution in [3.63, 3.8) is 0 Å². The number of benzene rings is 2. The molecule has 1 saturated carbocycles. The summed E-state index contributed by atoms with van der Waals surface area (Å²) in [6.07, 6.45) is 5.65. The van der Waals surface area contributed by atoms with Gasteiger partial charge in [-0.2, -0.15) is 0 Å². The first-order chi connectivity index (χ1) is 14.9. The van der Waals surface area contributed by atoms with E-state index in [4.69, 9.17) is 9.72 Å². The van der Waals surface area contributed by atoms with Crippen LogP contribution in [0.25, 0.3) is 17.0 Å². The highest BCUT2D eigenvalue weighted by Gasteiger charge is 2.32. The lowest BCUT2D eigenvalue weighted by atomic mass is 10.1.